The number of carbonyl (C=O) groups excluding carboxylic acids is 2. The topological polar surface area (TPSA) is 101 Å². The number of hydrogen-bond acceptors (Lipinski definition) is 4. The molecule has 1 unspecified atom stereocenters. The van der Waals surface area contributed by atoms with Crippen molar-refractivity contribution < 1.29 is 9.59 Å². The molecule has 166 valence electrons. The van der Waals surface area contributed by atoms with E-state index in [4.69, 9.17) is 11.5 Å². The molecule has 3 rings (SSSR count). The number of likely N-dealkylation sites (tertiary alicyclic amines) is 1. The molecule has 1 aliphatic heterocycles. The van der Waals surface area contributed by atoms with E-state index >= 15 is 0 Å². The number of hydrogen-bond donors (Lipinski definition) is 3. The van der Waals surface area contributed by atoms with E-state index in [2.05, 4.69) is 10.2 Å². The molecule has 2 aromatic carbocycles. The summed E-state index contributed by atoms with van der Waals surface area (Å²) < 4.78 is 0. The lowest BCUT2D eigenvalue weighted by Crippen LogP contribution is -2.49. The highest BCUT2D eigenvalue weighted by atomic mass is 16.2. The SMILES string of the molecule is NCC(=O)NCCCCCN1CCC(C(C(N)=O)(c2ccccc2)c2ccccc2)C1. The largest absolute Gasteiger partial charge is 0.369 e. The summed E-state index contributed by atoms with van der Waals surface area (Å²) in [5.41, 5.74) is 12.6. The first-order chi connectivity index (χ1) is 15.1. The van der Waals surface area contributed by atoms with Gasteiger partial charge in [-0.3, -0.25) is 9.59 Å². The number of unbranched alkanes of at least 4 members (excludes halogenated alkanes) is 2. The molecular weight excluding hydrogens is 388 g/mol. The summed E-state index contributed by atoms with van der Waals surface area (Å²) in [5, 5.41) is 2.81. The van der Waals surface area contributed by atoms with Gasteiger partial charge in [-0.2, -0.15) is 0 Å². The van der Waals surface area contributed by atoms with Gasteiger partial charge < -0.3 is 21.7 Å². The number of primary amides is 1. The monoisotopic (exact) mass is 422 g/mol. The second kappa shape index (κ2) is 11.1. The van der Waals surface area contributed by atoms with Gasteiger partial charge in [0.25, 0.3) is 0 Å². The van der Waals surface area contributed by atoms with Gasteiger partial charge in [0.2, 0.25) is 11.8 Å². The van der Waals surface area contributed by atoms with Crippen LogP contribution in [-0.2, 0) is 15.0 Å². The van der Waals surface area contributed by atoms with Gasteiger partial charge in [0.05, 0.1) is 6.54 Å². The van der Waals surface area contributed by atoms with Gasteiger partial charge >= 0.3 is 0 Å². The van der Waals surface area contributed by atoms with Gasteiger partial charge in [0.1, 0.15) is 5.41 Å². The highest BCUT2D eigenvalue weighted by Gasteiger charge is 2.49. The molecule has 6 heteroatoms. The summed E-state index contributed by atoms with van der Waals surface area (Å²) in [5.74, 6) is -0.266. The van der Waals surface area contributed by atoms with Crippen molar-refractivity contribution in [2.24, 2.45) is 17.4 Å². The molecule has 1 atom stereocenters. The molecule has 0 spiro atoms. The quantitative estimate of drug-likeness (QED) is 0.482. The minimum Gasteiger partial charge on any atom is -0.369 e. The lowest BCUT2D eigenvalue weighted by molar-refractivity contribution is -0.124. The second-order valence-electron chi connectivity index (χ2n) is 8.31. The zero-order chi connectivity index (χ0) is 22.1. The van der Waals surface area contributed by atoms with Crippen molar-refractivity contribution >= 4 is 11.8 Å². The lowest BCUT2D eigenvalue weighted by atomic mass is 9.64. The Morgan fingerprint density at radius 3 is 2.13 bits per heavy atom. The summed E-state index contributed by atoms with van der Waals surface area (Å²) in [7, 11) is 0. The zero-order valence-electron chi connectivity index (χ0n) is 18.1. The summed E-state index contributed by atoms with van der Waals surface area (Å²) in [6.07, 6.45) is 3.98. The summed E-state index contributed by atoms with van der Waals surface area (Å²) in [6, 6.07) is 19.9. The minimum atomic E-state index is -0.830. The Balaban J connectivity index is 1.68. The van der Waals surface area contributed by atoms with Crippen LogP contribution in [0.4, 0.5) is 0 Å². The summed E-state index contributed by atoms with van der Waals surface area (Å²) in [4.78, 5) is 26.7. The number of nitrogens with one attached hydrogen (secondary N) is 1. The standard InChI is InChI=1S/C25H34N4O2/c26-18-23(30)28-15-8-3-9-16-29-17-14-22(19-29)25(24(27)31,20-10-4-1-5-11-20)21-12-6-2-7-13-21/h1-2,4-7,10-13,22H,3,8-9,14-19,26H2,(H2,27,31)(H,28,30). The molecule has 1 saturated heterocycles. The van der Waals surface area contributed by atoms with Crippen LogP contribution in [0.5, 0.6) is 0 Å². The molecule has 0 bridgehead atoms. The Labute approximate surface area is 185 Å². The molecule has 6 nitrogen and oxygen atoms in total. The van der Waals surface area contributed by atoms with Crippen LogP contribution in [0, 0.1) is 5.92 Å². The van der Waals surface area contributed by atoms with Gasteiger partial charge in [0.15, 0.2) is 0 Å². The van der Waals surface area contributed by atoms with Crippen molar-refractivity contribution in [3.05, 3.63) is 71.8 Å². The van der Waals surface area contributed by atoms with Crippen LogP contribution in [-0.4, -0.2) is 49.4 Å². The number of amides is 2. The Kier molecular flexibility index (Phi) is 8.20. The van der Waals surface area contributed by atoms with E-state index in [0.717, 1.165) is 56.4 Å². The fourth-order valence-corrected chi connectivity index (χ4v) is 4.85. The smallest absolute Gasteiger partial charge is 0.233 e. The Bertz CT molecular complexity index is 802. The normalized spacial score (nSPS) is 16.9. The first kappa shape index (κ1) is 23.0. The van der Waals surface area contributed by atoms with Crippen molar-refractivity contribution in [3.8, 4) is 0 Å². The van der Waals surface area contributed by atoms with Crippen molar-refractivity contribution in [1.82, 2.24) is 10.2 Å². The number of carbonyl (C=O) groups is 2. The molecule has 1 heterocycles. The molecule has 0 saturated carbocycles. The molecule has 2 aromatic rings. The lowest BCUT2D eigenvalue weighted by Gasteiger charge is -2.37. The maximum Gasteiger partial charge on any atom is 0.233 e. The third kappa shape index (κ3) is 5.32. The van der Waals surface area contributed by atoms with Crippen molar-refractivity contribution in [2.75, 3.05) is 32.7 Å². The third-order valence-electron chi connectivity index (χ3n) is 6.39. The van der Waals surface area contributed by atoms with Crippen molar-refractivity contribution in [3.63, 3.8) is 0 Å². The molecule has 1 aliphatic rings. The highest BCUT2D eigenvalue weighted by molar-refractivity contribution is 5.91. The maximum atomic E-state index is 13.1. The van der Waals surface area contributed by atoms with Crippen LogP contribution in [0.15, 0.2) is 60.7 Å². The van der Waals surface area contributed by atoms with Crippen LogP contribution < -0.4 is 16.8 Å². The fourth-order valence-electron chi connectivity index (χ4n) is 4.85. The van der Waals surface area contributed by atoms with Crippen molar-refractivity contribution in [1.29, 1.82) is 0 Å². The van der Waals surface area contributed by atoms with Gasteiger partial charge in [-0.05, 0) is 49.4 Å². The van der Waals surface area contributed by atoms with E-state index in [1.807, 2.05) is 60.7 Å². The Hall–Kier alpha value is -2.70. The first-order valence-electron chi connectivity index (χ1n) is 11.2. The van der Waals surface area contributed by atoms with E-state index in [1.165, 1.54) is 0 Å². The van der Waals surface area contributed by atoms with Gasteiger partial charge in [0, 0.05) is 13.1 Å². The van der Waals surface area contributed by atoms with Gasteiger partial charge in [-0.1, -0.05) is 67.1 Å². The predicted molar refractivity (Wildman–Crippen MR) is 123 cm³/mol. The van der Waals surface area contributed by atoms with Crippen molar-refractivity contribution in [2.45, 2.75) is 31.1 Å². The van der Waals surface area contributed by atoms with Crippen LogP contribution in [0.2, 0.25) is 0 Å². The molecule has 5 N–H and O–H groups in total. The number of nitrogens with two attached hydrogens (primary N) is 2. The van der Waals surface area contributed by atoms with Gasteiger partial charge in [-0.25, -0.2) is 0 Å². The first-order valence-corrected chi connectivity index (χ1v) is 11.2. The number of benzene rings is 2. The fraction of sp³-hybridized carbons (Fsp3) is 0.440. The molecule has 0 aromatic heterocycles. The molecule has 0 radical (unpaired) electrons. The van der Waals surface area contributed by atoms with E-state index in [-0.39, 0.29) is 24.3 Å². The average molecular weight is 423 g/mol. The molecular formula is C25H34N4O2. The van der Waals surface area contributed by atoms with Crippen LogP contribution >= 0.6 is 0 Å². The highest BCUT2D eigenvalue weighted by Crippen LogP contribution is 2.43. The molecule has 0 aliphatic carbocycles. The minimum absolute atomic E-state index is 0.0413. The van der Waals surface area contributed by atoms with Gasteiger partial charge in [-0.15, -0.1) is 0 Å². The predicted octanol–water partition coefficient (Wildman–Crippen LogP) is 2.03. The molecule has 1 fully saturated rings. The number of rotatable bonds is 11. The maximum absolute atomic E-state index is 13.1. The summed E-state index contributed by atoms with van der Waals surface area (Å²) >= 11 is 0. The second-order valence-corrected chi connectivity index (χ2v) is 8.31. The van der Waals surface area contributed by atoms with E-state index in [1.54, 1.807) is 0 Å². The van der Waals surface area contributed by atoms with E-state index < -0.39 is 5.41 Å². The zero-order valence-corrected chi connectivity index (χ0v) is 18.1. The summed E-state index contributed by atoms with van der Waals surface area (Å²) in [6.45, 7) is 3.50. The van der Waals surface area contributed by atoms with E-state index in [9.17, 15) is 9.59 Å². The van der Waals surface area contributed by atoms with E-state index in [0.29, 0.717) is 6.54 Å². The Morgan fingerprint density at radius 2 is 1.58 bits per heavy atom. The molecule has 2 amide bonds. The van der Waals surface area contributed by atoms with Crippen LogP contribution in [0.25, 0.3) is 0 Å². The third-order valence-corrected chi connectivity index (χ3v) is 6.39. The molecule has 31 heavy (non-hydrogen) atoms. The van der Waals surface area contributed by atoms with Crippen LogP contribution in [0.3, 0.4) is 0 Å². The average Bonchev–Trinajstić information content (AvgIpc) is 3.26. The van der Waals surface area contributed by atoms with Crippen LogP contribution in [0.1, 0.15) is 36.8 Å². The number of nitrogens with zero attached hydrogens (tertiary/aromatic N) is 1. The Morgan fingerprint density at radius 1 is 0.968 bits per heavy atom.